The Kier molecular flexibility index (Phi) is 4.63. The third-order valence-corrected chi connectivity index (χ3v) is 3.00. The topological polar surface area (TPSA) is 59.6 Å². The Morgan fingerprint density at radius 2 is 2.16 bits per heavy atom. The van der Waals surface area contributed by atoms with Crippen molar-refractivity contribution in [2.75, 3.05) is 13.3 Å². The number of amides is 1. The summed E-state index contributed by atoms with van der Waals surface area (Å²) in [4.78, 5) is 11.8. The van der Waals surface area contributed by atoms with Crippen molar-refractivity contribution in [3.63, 3.8) is 0 Å². The van der Waals surface area contributed by atoms with Gasteiger partial charge in [0, 0.05) is 6.54 Å². The molecule has 0 bridgehead atoms. The van der Waals surface area contributed by atoms with E-state index in [0.29, 0.717) is 6.54 Å². The van der Waals surface area contributed by atoms with Crippen LogP contribution in [-0.4, -0.2) is 25.3 Å². The van der Waals surface area contributed by atoms with Gasteiger partial charge in [0.1, 0.15) is 0 Å². The number of rotatable bonds is 6. The van der Waals surface area contributed by atoms with E-state index in [9.17, 15) is 4.79 Å². The molecule has 1 aromatic carbocycles. The highest BCUT2D eigenvalue weighted by molar-refractivity contribution is 5.81. The molecule has 0 spiro atoms. The smallest absolute Gasteiger partial charge is 0.237 e. The maximum absolute atomic E-state index is 11.8. The zero-order chi connectivity index (χ0) is 13.7. The summed E-state index contributed by atoms with van der Waals surface area (Å²) in [5.74, 6) is 1.50. The lowest BCUT2D eigenvalue weighted by Gasteiger charge is -2.13. The van der Waals surface area contributed by atoms with Gasteiger partial charge < -0.3 is 20.1 Å². The summed E-state index contributed by atoms with van der Waals surface area (Å²) in [6.45, 7) is 5.55. The Hall–Kier alpha value is -1.75. The molecule has 1 aliphatic heterocycles. The SMILES string of the molecule is CCCNC(C)C(=O)NCc1ccc2c(c1)OCO2. The molecule has 2 N–H and O–H groups in total. The van der Waals surface area contributed by atoms with Crippen LogP contribution in [0.5, 0.6) is 11.5 Å². The molecule has 1 amide bonds. The van der Waals surface area contributed by atoms with Crippen molar-refractivity contribution in [2.24, 2.45) is 0 Å². The minimum absolute atomic E-state index is 0.00566. The quantitative estimate of drug-likeness (QED) is 0.816. The van der Waals surface area contributed by atoms with Crippen LogP contribution in [-0.2, 0) is 11.3 Å². The van der Waals surface area contributed by atoms with Crippen LogP contribution < -0.4 is 20.1 Å². The molecule has 19 heavy (non-hydrogen) atoms. The minimum atomic E-state index is -0.172. The van der Waals surface area contributed by atoms with Crippen LogP contribution in [0.2, 0.25) is 0 Å². The first-order valence-electron chi connectivity index (χ1n) is 6.60. The van der Waals surface area contributed by atoms with Crippen molar-refractivity contribution in [1.29, 1.82) is 0 Å². The summed E-state index contributed by atoms with van der Waals surface area (Å²) >= 11 is 0. The largest absolute Gasteiger partial charge is 0.454 e. The zero-order valence-electron chi connectivity index (χ0n) is 11.4. The fourth-order valence-corrected chi connectivity index (χ4v) is 1.85. The highest BCUT2D eigenvalue weighted by atomic mass is 16.7. The van der Waals surface area contributed by atoms with Crippen LogP contribution in [0.4, 0.5) is 0 Å². The second-order valence-electron chi connectivity index (χ2n) is 4.58. The fourth-order valence-electron chi connectivity index (χ4n) is 1.85. The number of benzene rings is 1. The molecule has 0 radical (unpaired) electrons. The Bertz CT molecular complexity index is 448. The van der Waals surface area contributed by atoms with Crippen molar-refractivity contribution in [1.82, 2.24) is 10.6 Å². The van der Waals surface area contributed by atoms with Crippen LogP contribution in [0.25, 0.3) is 0 Å². The average Bonchev–Trinajstić information content (AvgIpc) is 2.89. The Balaban J connectivity index is 1.83. The maximum atomic E-state index is 11.8. The summed E-state index contributed by atoms with van der Waals surface area (Å²) in [6.07, 6.45) is 1.01. The van der Waals surface area contributed by atoms with Crippen LogP contribution in [0.1, 0.15) is 25.8 Å². The molecule has 5 heteroatoms. The van der Waals surface area contributed by atoms with E-state index in [1.807, 2.05) is 25.1 Å². The van der Waals surface area contributed by atoms with Gasteiger partial charge >= 0.3 is 0 Å². The summed E-state index contributed by atoms with van der Waals surface area (Å²) in [7, 11) is 0. The lowest BCUT2D eigenvalue weighted by molar-refractivity contribution is -0.122. The normalized spacial score (nSPS) is 14.2. The fraction of sp³-hybridized carbons (Fsp3) is 0.500. The summed E-state index contributed by atoms with van der Waals surface area (Å²) in [5.41, 5.74) is 1.00. The third kappa shape index (κ3) is 3.61. The molecule has 1 heterocycles. The molecule has 5 nitrogen and oxygen atoms in total. The van der Waals surface area contributed by atoms with Gasteiger partial charge in [0.15, 0.2) is 11.5 Å². The number of hydrogen-bond donors (Lipinski definition) is 2. The molecule has 1 aliphatic rings. The van der Waals surface area contributed by atoms with Crippen molar-refractivity contribution < 1.29 is 14.3 Å². The molecular weight excluding hydrogens is 244 g/mol. The maximum Gasteiger partial charge on any atom is 0.237 e. The molecule has 0 saturated carbocycles. The van der Waals surface area contributed by atoms with E-state index in [1.54, 1.807) is 0 Å². The summed E-state index contributed by atoms with van der Waals surface area (Å²) in [5, 5.41) is 6.05. The Morgan fingerprint density at radius 3 is 2.95 bits per heavy atom. The Labute approximate surface area is 113 Å². The number of fused-ring (bicyclic) bond motifs is 1. The molecule has 2 rings (SSSR count). The first kappa shape index (κ1) is 13.7. The van der Waals surface area contributed by atoms with E-state index in [1.165, 1.54) is 0 Å². The van der Waals surface area contributed by atoms with Gasteiger partial charge in [-0.1, -0.05) is 13.0 Å². The molecule has 104 valence electrons. The number of carbonyl (C=O) groups is 1. The Morgan fingerprint density at radius 1 is 1.37 bits per heavy atom. The van der Waals surface area contributed by atoms with E-state index in [-0.39, 0.29) is 18.7 Å². The lowest BCUT2D eigenvalue weighted by atomic mass is 10.2. The van der Waals surface area contributed by atoms with Gasteiger partial charge in [0.05, 0.1) is 6.04 Å². The predicted molar refractivity (Wildman–Crippen MR) is 72.2 cm³/mol. The van der Waals surface area contributed by atoms with Gasteiger partial charge in [-0.25, -0.2) is 0 Å². The van der Waals surface area contributed by atoms with E-state index < -0.39 is 0 Å². The molecular formula is C14H20N2O3. The van der Waals surface area contributed by atoms with Gasteiger partial charge in [0.2, 0.25) is 12.7 Å². The second kappa shape index (κ2) is 6.43. The van der Waals surface area contributed by atoms with Crippen molar-refractivity contribution in [3.8, 4) is 11.5 Å². The van der Waals surface area contributed by atoms with Crippen molar-refractivity contribution >= 4 is 5.91 Å². The number of ether oxygens (including phenoxy) is 2. The highest BCUT2D eigenvalue weighted by Gasteiger charge is 2.14. The monoisotopic (exact) mass is 264 g/mol. The van der Waals surface area contributed by atoms with E-state index in [0.717, 1.165) is 30.0 Å². The molecule has 0 aromatic heterocycles. The third-order valence-electron chi connectivity index (χ3n) is 3.00. The highest BCUT2D eigenvalue weighted by Crippen LogP contribution is 2.32. The average molecular weight is 264 g/mol. The lowest BCUT2D eigenvalue weighted by Crippen LogP contribution is -2.42. The van der Waals surface area contributed by atoms with Gasteiger partial charge in [-0.15, -0.1) is 0 Å². The van der Waals surface area contributed by atoms with E-state index >= 15 is 0 Å². The minimum Gasteiger partial charge on any atom is -0.454 e. The van der Waals surface area contributed by atoms with Gasteiger partial charge in [-0.05, 0) is 37.6 Å². The molecule has 1 unspecified atom stereocenters. The molecule has 1 aromatic rings. The number of hydrogen-bond acceptors (Lipinski definition) is 4. The van der Waals surface area contributed by atoms with Gasteiger partial charge in [-0.2, -0.15) is 0 Å². The van der Waals surface area contributed by atoms with Crippen LogP contribution in [0, 0.1) is 0 Å². The number of nitrogens with one attached hydrogen (secondary N) is 2. The van der Waals surface area contributed by atoms with Crippen LogP contribution >= 0.6 is 0 Å². The first-order valence-corrected chi connectivity index (χ1v) is 6.60. The standard InChI is InChI=1S/C14H20N2O3/c1-3-6-15-10(2)14(17)16-8-11-4-5-12-13(7-11)19-9-18-12/h4-5,7,10,15H,3,6,8-9H2,1-2H3,(H,16,17). The van der Waals surface area contributed by atoms with E-state index in [4.69, 9.17) is 9.47 Å². The molecule has 0 fully saturated rings. The second-order valence-corrected chi connectivity index (χ2v) is 4.58. The van der Waals surface area contributed by atoms with Crippen molar-refractivity contribution in [3.05, 3.63) is 23.8 Å². The predicted octanol–water partition coefficient (Wildman–Crippen LogP) is 1.42. The summed E-state index contributed by atoms with van der Waals surface area (Å²) < 4.78 is 10.5. The molecule has 1 atom stereocenters. The first-order chi connectivity index (χ1) is 9.20. The van der Waals surface area contributed by atoms with Crippen LogP contribution in [0.3, 0.4) is 0 Å². The zero-order valence-corrected chi connectivity index (χ0v) is 11.4. The van der Waals surface area contributed by atoms with Crippen molar-refractivity contribution in [2.45, 2.75) is 32.9 Å². The van der Waals surface area contributed by atoms with Gasteiger partial charge in [0.25, 0.3) is 0 Å². The van der Waals surface area contributed by atoms with Gasteiger partial charge in [-0.3, -0.25) is 4.79 Å². The van der Waals surface area contributed by atoms with E-state index in [2.05, 4.69) is 17.6 Å². The summed E-state index contributed by atoms with van der Waals surface area (Å²) in [6, 6.07) is 5.52. The van der Waals surface area contributed by atoms with Crippen LogP contribution in [0.15, 0.2) is 18.2 Å². The number of carbonyl (C=O) groups excluding carboxylic acids is 1. The molecule has 0 aliphatic carbocycles. The molecule has 0 saturated heterocycles.